The molecule has 5 heteroatoms. The maximum absolute atomic E-state index is 10.9. The van der Waals surface area contributed by atoms with Gasteiger partial charge >= 0.3 is 0 Å². The Morgan fingerprint density at radius 3 is 2.75 bits per heavy atom. The summed E-state index contributed by atoms with van der Waals surface area (Å²) < 4.78 is 21.9. The van der Waals surface area contributed by atoms with Gasteiger partial charge in [0.15, 0.2) is 0 Å². The third-order valence-corrected chi connectivity index (χ3v) is 4.14. The van der Waals surface area contributed by atoms with Crippen molar-refractivity contribution < 1.29 is 8.42 Å². The molecule has 1 rings (SSSR count). The van der Waals surface area contributed by atoms with E-state index in [0.29, 0.717) is 6.04 Å². The average Bonchev–Trinajstić information content (AvgIpc) is 2.15. The van der Waals surface area contributed by atoms with Crippen LogP contribution in [0.2, 0.25) is 0 Å². The molecule has 1 unspecified atom stereocenters. The highest BCUT2D eigenvalue weighted by Gasteiger charge is 2.22. The highest BCUT2D eigenvalue weighted by atomic mass is 35.7. The van der Waals surface area contributed by atoms with Gasteiger partial charge in [-0.1, -0.05) is 25.5 Å². The van der Waals surface area contributed by atoms with E-state index in [1.54, 1.807) is 0 Å². The number of hydrogen-bond acceptors (Lipinski definition) is 3. The van der Waals surface area contributed by atoms with E-state index >= 15 is 0 Å². The molecule has 1 heterocycles. The van der Waals surface area contributed by atoms with Gasteiger partial charge in [0.2, 0.25) is 9.05 Å². The van der Waals surface area contributed by atoms with E-state index in [0.717, 1.165) is 31.5 Å². The van der Waals surface area contributed by atoms with E-state index in [1.807, 2.05) is 0 Å². The monoisotopic (exact) mass is 265 g/mol. The first-order chi connectivity index (χ1) is 7.42. The summed E-state index contributed by atoms with van der Waals surface area (Å²) in [5, 5.41) is 0. The second kappa shape index (κ2) is 6.03. The van der Waals surface area contributed by atoms with Crippen LogP contribution in [0.5, 0.6) is 0 Å². The molecular formula is C11H20ClNO2S. The van der Waals surface area contributed by atoms with Crippen LogP contribution in [-0.2, 0) is 9.05 Å². The topological polar surface area (TPSA) is 37.4 Å². The summed E-state index contributed by atoms with van der Waals surface area (Å²) >= 11 is 0. The van der Waals surface area contributed by atoms with Gasteiger partial charge in [-0.25, -0.2) is 8.42 Å². The van der Waals surface area contributed by atoms with Crippen molar-refractivity contribution in [1.82, 2.24) is 4.90 Å². The van der Waals surface area contributed by atoms with Crippen LogP contribution in [0.4, 0.5) is 0 Å². The van der Waals surface area contributed by atoms with Crippen molar-refractivity contribution in [3.05, 3.63) is 12.2 Å². The molecule has 0 bridgehead atoms. The van der Waals surface area contributed by atoms with Crippen molar-refractivity contribution in [2.24, 2.45) is 0 Å². The van der Waals surface area contributed by atoms with Gasteiger partial charge < -0.3 is 4.90 Å². The van der Waals surface area contributed by atoms with E-state index in [9.17, 15) is 8.42 Å². The van der Waals surface area contributed by atoms with Crippen LogP contribution in [0.1, 0.15) is 32.6 Å². The summed E-state index contributed by atoms with van der Waals surface area (Å²) in [6.07, 6.45) is 4.35. The molecule has 1 fully saturated rings. The standard InChI is InChI=1S/C11H20ClNO2S/c1-3-13-7-5-4-6-11(13)8-10(2)9-16(12,14)15/h11H,2-9H2,1H3. The van der Waals surface area contributed by atoms with Gasteiger partial charge in [0.05, 0.1) is 5.75 Å². The Balaban J connectivity index is 2.48. The summed E-state index contributed by atoms with van der Waals surface area (Å²) in [7, 11) is 1.77. The second-order valence-electron chi connectivity index (χ2n) is 4.42. The molecule has 0 saturated carbocycles. The maximum Gasteiger partial charge on any atom is 0.236 e. The summed E-state index contributed by atoms with van der Waals surface area (Å²) in [5.41, 5.74) is 0.723. The van der Waals surface area contributed by atoms with Crippen molar-refractivity contribution in [2.45, 2.75) is 38.6 Å². The fourth-order valence-electron chi connectivity index (χ4n) is 2.34. The Morgan fingerprint density at radius 1 is 1.50 bits per heavy atom. The van der Waals surface area contributed by atoms with E-state index in [4.69, 9.17) is 10.7 Å². The molecule has 0 spiro atoms. The number of rotatable bonds is 5. The number of likely N-dealkylation sites (tertiary alicyclic amines) is 1. The molecule has 1 aliphatic heterocycles. The molecule has 1 saturated heterocycles. The Kier molecular flexibility index (Phi) is 5.28. The Bertz CT molecular complexity index is 340. The molecule has 3 nitrogen and oxygen atoms in total. The first-order valence-corrected chi connectivity index (χ1v) is 8.23. The predicted molar refractivity (Wildman–Crippen MR) is 68.3 cm³/mol. The lowest BCUT2D eigenvalue weighted by atomic mass is 9.97. The highest BCUT2D eigenvalue weighted by Crippen LogP contribution is 2.22. The van der Waals surface area contributed by atoms with Gasteiger partial charge in [0.25, 0.3) is 0 Å². The summed E-state index contributed by atoms with van der Waals surface area (Å²) in [5.74, 6) is -0.0946. The molecule has 16 heavy (non-hydrogen) atoms. The van der Waals surface area contributed by atoms with Crippen LogP contribution in [0.15, 0.2) is 12.2 Å². The Labute approximate surface area is 103 Å². The molecule has 94 valence electrons. The maximum atomic E-state index is 10.9. The second-order valence-corrected chi connectivity index (χ2v) is 7.19. The van der Waals surface area contributed by atoms with E-state index < -0.39 is 9.05 Å². The van der Waals surface area contributed by atoms with E-state index in [-0.39, 0.29) is 5.75 Å². The molecule has 0 aromatic rings. The fraction of sp³-hybridized carbons (Fsp3) is 0.818. The third kappa shape index (κ3) is 4.85. The predicted octanol–water partition coefficient (Wildman–Crippen LogP) is 2.38. The zero-order valence-electron chi connectivity index (χ0n) is 9.78. The molecule has 1 aliphatic rings. The zero-order valence-corrected chi connectivity index (χ0v) is 11.4. The molecule has 0 aromatic heterocycles. The summed E-state index contributed by atoms with van der Waals surface area (Å²) in [6, 6.07) is 0.449. The SMILES string of the molecule is C=C(CC1CCCCN1CC)CS(=O)(=O)Cl. The minimum atomic E-state index is -3.44. The normalized spacial score (nSPS) is 23.2. The van der Waals surface area contributed by atoms with Gasteiger partial charge in [-0.15, -0.1) is 0 Å². The number of nitrogens with zero attached hydrogens (tertiary/aromatic N) is 1. The summed E-state index contributed by atoms with van der Waals surface area (Å²) in [4.78, 5) is 2.40. The lowest BCUT2D eigenvalue weighted by Gasteiger charge is -2.35. The lowest BCUT2D eigenvalue weighted by molar-refractivity contribution is 0.155. The highest BCUT2D eigenvalue weighted by molar-refractivity contribution is 8.13. The van der Waals surface area contributed by atoms with Crippen LogP contribution in [-0.4, -0.2) is 38.2 Å². The summed E-state index contributed by atoms with van der Waals surface area (Å²) in [6.45, 7) is 8.08. The Hall–Kier alpha value is -0.0600. The number of hydrogen-bond donors (Lipinski definition) is 0. The number of piperidine rings is 1. The van der Waals surface area contributed by atoms with E-state index in [2.05, 4.69) is 18.4 Å². The molecule has 0 N–H and O–H groups in total. The zero-order chi connectivity index (χ0) is 12.2. The van der Waals surface area contributed by atoms with Crippen molar-refractivity contribution in [3.63, 3.8) is 0 Å². The van der Waals surface area contributed by atoms with Gasteiger partial charge in [-0.2, -0.15) is 0 Å². The molecule has 0 aromatic carbocycles. The molecule has 0 aliphatic carbocycles. The van der Waals surface area contributed by atoms with E-state index in [1.165, 1.54) is 12.8 Å². The van der Waals surface area contributed by atoms with Crippen LogP contribution in [0.25, 0.3) is 0 Å². The van der Waals surface area contributed by atoms with Crippen molar-refractivity contribution in [1.29, 1.82) is 0 Å². The third-order valence-electron chi connectivity index (χ3n) is 3.06. The van der Waals surface area contributed by atoms with Gasteiger partial charge in [0.1, 0.15) is 0 Å². The molecule has 0 amide bonds. The molecule has 1 atom stereocenters. The lowest BCUT2D eigenvalue weighted by Crippen LogP contribution is -2.39. The first-order valence-electron chi connectivity index (χ1n) is 5.75. The van der Waals surface area contributed by atoms with Crippen LogP contribution in [0.3, 0.4) is 0 Å². The van der Waals surface area contributed by atoms with Gasteiger partial charge in [-0.3, -0.25) is 0 Å². The van der Waals surface area contributed by atoms with Crippen molar-refractivity contribution >= 4 is 19.7 Å². The first kappa shape index (κ1) is 14.0. The van der Waals surface area contributed by atoms with Crippen LogP contribution < -0.4 is 0 Å². The average molecular weight is 266 g/mol. The minimum Gasteiger partial charge on any atom is -0.300 e. The molecule has 0 radical (unpaired) electrons. The quantitative estimate of drug-likeness (QED) is 0.566. The van der Waals surface area contributed by atoms with Crippen LogP contribution in [0, 0.1) is 0 Å². The van der Waals surface area contributed by atoms with Gasteiger partial charge in [0, 0.05) is 16.7 Å². The Morgan fingerprint density at radius 2 is 2.19 bits per heavy atom. The smallest absolute Gasteiger partial charge is 0.236 e. The van der Waals surface area contributed by atoms with Crippen molar-refractivity contribution in [2.75, 3.05) is 18.8 Å². The number of halogens is 1. The van der Waals surface area contributed by atoms with Gasteiger partial charge in [-0.05, 0) is 32.4 Å². The van der Waals surface area contributed by atoms with Crippen molar-refractivity contribution in [3.8, 4) is 0 Å². The minimum absolute atomic E-state index is 0.0946. The van der Waals surface area contributed by atoms with Crippen LogP contribution >= 0.6 is 10.7 Å². The molecular weight excluding hydrogens is 246 g/mol. The fourth-order valence-corrected chi connectivity index (χ4v) is 3.41. The largest absolute Gasteiger partial charge is 0.300 e.